The molecule has 3 rings (SSSR count). The van der Waals surface area contributed by atoms with E-state index in [4.69, 9.17) is 16.0 Å². The Morgan fingerprint density at radius 3 is 2.86 bits per heavy atom. The molecule has 0 spiro atoms. The molecule has 1 aromatic heterocycles. The molecule has 118 valence electrons. The van der Waals surface area contributed by atoms with E-state index in [9.17, 15) is 4.79 Å². The van der Waals surface area contributed by atoms with E-state index in [0.717, 1.165) is 53.5 Å². The molecule has 0 bridgehead atoms. The van der Waals surface area contributed by atoms with Crippen LogP contribution in [-0.4, -0.2) is 18.0 Å². The molecule has 0 amide bonds. The van der Waals surface area contributed by atoms with Gasteiger partial charge in [0.2, 0.25) is 0 Å². The van der Waals surface area contributed by atoms with Crippen LogP contribution in [0.4, 0.5) is 0 Å². The molecule has 0 radical (unpaired) electrons. The number of piperidine rings is 1. The second-order valence-electron chi connectivity index (χ2n) is 6.37. The largest absolute Gasteiger partial charge is 0.423 e. The van der Waals surface area contributed by atoms with Crippen LogP contribution in [0.25, 0.3) is 11.0 Å². The smallest absolute Gasteiger partial charge is 0.336 e. The Hall–Kier alpha value is -1.32. The molecular weight excluding hydrogens is 298 g/mol. The van der Waals surface area contributed by atoms with Gasteiger partial charge in [0, 0.05) is 29.6 Å². The van der Waals surface area contributed by atoms with E-state index >= 15 is 0 Å². The predicted octanol–water partition coefficient (Wildman–Crippen LogP) is 4.24. The highest BCUT2D eigenvalue weighted by Gasteiger charge is 2.18. The van der Waals surface area contributed by atoms with Crippen LogP contribution in [0.3, 0.4) is 0 Å². The van der Waals surface area contributed by atoms with Gasteiger partial charge in [-0.1, -0.05) is 25.4 Å². The fourth-order valence-corrected chi connectivity index (χ4v) is 3.66. The van der Waals surface area contributed by atoms with Crippen molar-refractivity contribution in [3.8, 4) is 0 Å². The summed E-state index contributed by atoms with van der Waals surface area (Å²) in [7, 11) is 0. The average molecular weight is 320 g/mol. The van der Waals surface area contributed by atoms with E-state index in [-0.39, 0.29) is 5.63 Å². The van der Waals surface area contributed by atoms with Crippen LogP contribution in [0.5, 0.6) is 0 Å². The lowest BCUT2D eigenvalue weighted by Crippen LogP contribution is -2.34. The van der Waals surface area contributed by atoms with E-state index in [0.29, 0.717) is 5.58 Å². The number of nitrogens with zero attached hydrogens (tertiary/aromatic N) is 1. The van der Waals surface area contributed by atoms with Crippen LogP contribution in [0.2, 0.25) is 5.02 Å². The first-order chi connectivity index (χ1) is 10.6. The third-order valence-electron chi connectivity index (χ3n) is 4.51. The van der Waals surface area contributed by atoms with Crippen molar-refractivity contribution < 1.29 is 4.42 Å². The molecule has 0 aliphatic carbocycles. The van der Waals surface area contributed by atoms with Gasteiger partial charge in [-0.3, -0.25) is 4.90 Å². The zero-order valence-corrected chi connectivity index (χ0v) is 13.9. The van der Waals surface area contributed by atoms with Gasteiger partial charge in [-0.2, -0.15) is 0 Å². The average Bonchev–Trinajstić information content (AvgIpc) is 2.47. The van der Waals surface area contributed by atoms with Crippen molar-refractivity contribution in [3.05, 3.63) is 44.8 Å². The molecule has 1 aromatic carbocycles. The quantitative estimate of drug-likeness (QED) is 0.793. The molecular formula is C18H22ClNO2. The summed E-state index contributed by atoms with van der Waals surface area (Å²) in [5, 5.41) is 1.71. The van der Waals surface area contributed by atoms with Gasteiger partial charge in [0.05, 0.1) is 0 Å². The lowest BCUT2D eigenvalue weighted by Gasteiger charge is -2.31. The first-order valence-corrected chi connectivity index (χ1v) is 8.42. The minimum absolute atomic E-state index is 0.281. The molecule has 1 unspecified atom stereocenters. The standard InChI is InChI=1S/C18H22ClNO2/c1-3-13-7-17-15(9-16(13)19)14(8-18(21)22-17)11-20-6-4-5-12(2)10-20/h7-9,12H,3-6,10-11H2,1-2H3. The Balaban J connectivity index is 2.01. The second-order valence-corrected chi connectivity index (χ2v) is 6.77. The number of rotatable bonds is 3. The first-order valence-electron chi connectivity index (χ1n) is 8.04. The van der Waals surface area contributed by atoms with Crippen molar-refractivity contribution in [2.75, 3.05) is 13.1 Å². The van der Waals surface area contributed by atoms with Gasteiger partial charge in [-0.15, -0.1) is 0 Å². The maximum atomic E-state index is 11.9. The van der Waals surface area contributed by atoms with Gasteiger partial charge in [-0.25, -0.2) is 4.79 Å². The summed E-state index contributed by atoms with van der Waals surface area (Å²) in [6.45, 7) is 7.29. The Bertz CT molecular complexity index is 738. The van der Waals surface area contributed by atoms with Gasteiger partial charge >= 0.3 is 5.63 Å². The molecule has 1 saturated heterocycles. The van der Waals surface area contributed by atoms with E-state index in [1.54, 1.807) is 6.07 Å². The van der Waals surface area contributed by atoms with Crippen molar-refractivity contribution >= 4 is 22.6 Å². The summed E-state index contributed by atoms with van der Waals surface area (Å²) < 4.78 is 5.38. The highest BCUT2D eigenvalue weighted by Crippen LogP contribution is 2.27. The van der Waals surface area contributed by atoms with E-state index in [1.807, 2.05) is 19.1 Å². The molecule has 2 aromatic rings. The third-order valence-corrected chi connectivity index (χ3v) is 4.87. The van der Waals surface area contributed by atoms with Crippen molar-refractivity contribution in [1.82, 2.24) is 4.90 Å². The molecule has 3 nitrogen and oxygen atoms in total. The Kier molecular flexibility index (Phi) is 4.55. The molecule has 0 saturated carbocycles. The van der Waals surface area contributed by atoms with E-state index < -0.39 is 0 Å². The van der Waals surface area contributed by atoms with E-state index in [2.05, 4.69) is 11.8 Å². The second kappa shape index (κ2) is 6.43. The molecule has 1 atom stereocenters. The number of halogens is 1. The maximum Gasteiger partial charge on any atom is 0.336 e. The third kappa shape index (κ3) is 3.21. The molecule has 22 heavy (non-hydrogen) atoms. The lowest BCUT2D eigenvalue weighted by atomic mass is 9.99. The normalized spacial score (nSPS) is 19.7. The summed E-state index contributed by atoms with van der Waals surface area (Å²) in [5.74, 6) is 0.718. The topological polar surface area (TPSA) is 33.5 Å². The summed E-state index contributed by atoms with van der Waals surface area (Å²) in [5.41, 5.74) is 2.40. The molecule has 1 fully saturated rings. The van der Waals surface area contributed by atoms with Crippen LogP contribution in [-0.2, 0) is 13.0 Å². The lowest BCUT2D eigenvalue weighted by molar-refractivity contribution is 0.177. The van der Waals surface area contributed by atoms with Crippen LogP contribution < -0.4 is 5.63 Å². The van der Waals surface area contributed by atoms with Crippen molar-refractivity contribution in [1.29, 1.82) is 0 Å². The fraction of sp³-hybridized carbons (Fsp3) is 0.500. The number of fused-ring (bicyclic) bond motifs is 1. The monoisotopic (exact) mass is 319 g/mol. The number of benzene rings is 1. The highest BCUT2D eigenvalue weighted by molar-refractivity contribution is 6.32. The van der Waals surface area contributed by atoms with Crippen molar-refractivity contribution in [2.45, 2.75) is 39.7 Å². The molecule has 2 heterocycles. The summed E-state index contributed by atoms with van der Waals surface area (Å²) >= 11 is 6.35. The SMILES string of the molecule is CCc1cc2oc(=O)cc(CN3CCCC(C)C3)c2cc1Cl. The Morgan fingerprint density at radius 2 is 2.14 bits per heavy atom. The van der Waals surface area contributed by atoms with Crippen molar-refractivity contribution in [3.63, 3.8) is 0 Å². The maximum absolute atomic E-state index is 11.9. The fourth-order valence-electron chi connectivity index (χ4n) is 3.36. The predicted molar refractivity (Wildman–Crippen MR) is 90.5 cm³/mol. The Morgan fingerprint density at radius 1 is 1.32 bits per heavy atom. The summed E-state index contributed by atoms with van der Waals surface area (Å²) in [4.78, 5) is 14.3. The zero-order chi connectivity index (χ0) is 15.7. The number of aryl methyl sites for hydroxylation is 1. The number of likely N-dealkylation sites (tertiary alicyclic amines) is 1. The highest BCUT2D eigenvalue weighted by atomic mass is 35.5. The molecule has 4 heteroatoms. The minimum atomic E-state index is -0.281. The molecule has 1 aliphatic rings. The number of hydrogen-bond acceptors (Lipinski definition) is 3. The molecule has 0 N–H and O–H groups in total. The van der Waals surface area contributed by atoms with E-state index in [1.165, 1.54) is 12.8 Å². The summed E-state index contributed by atoms with van der Waals surface area (Å²) in [6, 6.07) is 5.46. The minimum Gasteiger partial charge on any atom is -0.423 e. The van der Waals surface area contributed by atoms with Crippen LogP contribution in [0.15, 0.2) is 27.4 Å². The van der Waals surface area contributed by atoms with Gasteiger partial charge < -0.3 is 4.42 Å². The zero-order valence-electron chi connectivity index (χ0n) is 13.2. The van der Waals surface area contributed by atoms with Gasteiger partial charge in [0.15, 0.2) is 0 Å². The van der Waals surface area contributed by atoms with Crippen LogP contribution in [0.1, 0.15) is 37.8 Å². The Labute approximate surface area is 135 Å². The van der Waals surface area contributed by atoms with Gasteiger partial charge in [0.1, 0.15) is 5.58 Å². The van der Waals surface area contributed by atoms with Crippen LogP contribution in [0, 0.1) is 5.92 Å². The van der Waals surface area contributed by atoms with Crippen molar-refractivity contribution in [2.24, 2.45) is 5.92 Å². The van der Waals surface area contributed by atoms with Crippen LogP contribution >= 0.6 is 11.6 Å². The first kappa shape index (κ1) is 15.6. The number of hydrogen-bond donors (Lipinski definition) is 0. The summed E-state index contributed by atoms with van der Waals surface area (Å²) in [6.07, 6.45) is 3.34. The van der Waals surface area contributed by atoms with Gasteiger partial charge in [-0.05, 0) is 55.0 Å². The van der Waals surface area contributed by atoms with Gasteiger partial charge in [0.25, 0.3) is 0 Å². The molecule has 1 aliphatic heterocycles.